The van der Waals surface area contributed by atoms with Crippen molar-refractivity contribution in [3.8, 4) is 11.8 Å². The van der Waals surface area contributed by atoms with E-state index in [1.807, 2.05) is 0 Å². The lowest BCUT2D eigenvalue weighted by Crippen LogP contribution is -2.29. The molecule has 4 aromatic rings. The first-order valence-corrected chi connectivity index (χ1v) is 10.5. The number of carbonyl (C=O) groups is 3. The maximum atomic E-state index is 12.6. The Bertz CT molecular complexity index is 1340. The SMILES string of the molecule is O=C(Nc1ccc(Oc2ncccn2)cc1)c1ccc(CN2C(=O)c3ccccc3C2=O)cc1. The summed E-state index contributed by atoms with van der Waals surface area (Å²) in [6.07, 6.45) is 3.17. The van der Waals surface area contributed by atoms with Crippen LogP contribution in [0.4, 0.5) is 5.69 Å². The fourth-order valence-corrected chi connectivity index (χ4v) is 3.58. The van der Waals surface area contributed by atoms with Crippen LogP contribution in [0.15, 0.2) is 91.3 Å². The van der Waals surface area contributed by atoms with Crippen LogP contribution in [0.25, 0.3) is 0 Å². The van der Waals surface area contributed by atoms with Gasteiger partial charge in [0.25, 0.3) is 17.7 Å². The third kappa shape index (κ3) is 4.24. The van der Waals surface area contributed by atoms with Gasteiger partial charge in [-0.05, 0) is 60.2 Å². The van der Waals surface area contributed by atoms with E-state index < -0.39 is 0 Å². The van der Waals surface area contributed by atoms with E-state index in [-0.39, 0.29) is 30.3 Å². The second-order valence-corrected chi connectivity index (χ2v) is 7.55. The Morgan fingerprint density at radius 1 is 0.794 bits per heavy atom. The van der Waals surface area contributed by atoms with Gasteiger partial charge in [-0.25, -0.2) is 9.97 Å². The van der Waals surface area contributed by atoms with Crippen molar-refractivity contribution in [3.05, 3.63) is 114 Å². The molecule has 8 nitrogen and oxygen atoms in total. The molecule has 1 N–H and O–H groups in total. The minimum atomic E-state index is -0.311. The van der Waals surface area contributed by atoms with E-state index in [1.165, 1.54) is 4.90 Å². The first-order chi connectivity index (χ1) is 16.6. The second-order valence-electron chi connectivity index (χ2n) is 7.55. The predicted molar refractivity (Wildman–Crippen MR) is 124 cm³/mol. The highest BCUT2D eigenvalue weighted by molar-refractivity contribution is 6.21. The summed E-state index contributed by atoms with van der Waals surface area (Å²) in [7, 11) is 0. The van der Waals surface area contributed by atoms with E-state index in [2.05, 4.69) is 15.3 Å². The number of amides is 3. The van der Waals surface area contributed by atoms with Gasteiger partial charge in [-0.15, -0.1) is 0 Å². The first kappa shape index (κ1) is 21.0. The smallest absolute Gasteiger partial charge is 0.321 e. The summed E-state index contributed by atoms with van der Waals surface area (Å²) < 4.78 is 5.54. The molecule has 3 amide bonds. The van der Waals surface area contributed by atoms with E-state index >= 15 is 0 Å². The zero-order valence-electron chi connectivity index (χ0n) is 17.8. The Kier molecular flexibility index (Phi) is 5.53. The molecule has 1 aliphatic rings. The summed E-state index contributed by atoms with van der Waals surface area (Å²) in [5.41, 5.74) is 2.62. The lowest BCUT2D eigenvalue weighted by atomic mass is 10.1. The van der Waals surface area contributed by atoms with Gasteiger partial charge in [0.1, 0.15) is 5.75 Å². The number of hydrogen-bond acceptors (Lipinski definition) is 6. The van der Waals surface area contributed by atoms with Crippen molar-refractivity contribution < 1.29 is 19.1 Å². The number of rotatable bonds is 6. The van der Waals surface area contributed by atoms with Crippen LogP contribution in [0.2, 0.25) is 0 Å². The van der Waals surface area contributed by atoms with Crippen LogP contribution in [0, 0.1) is 0 Å². The summed E-state index contributed by atoms with van der Waals surface area (Å²) >= 11 is 0. The van der Waals surface area contributed by atoms with Crippen molar-refractivity contribution in [2.24, 2.45) is 0 Å². The van der Waals surface area contributed by atoms with Crippen LogP contribution in [-0.2, 0) is 6.54 Å². The molecule has 0 radical (unpaired) electrons. The molecule has 34 heavy (non-hydrogen) atoms. The number of aromatic nitrogens is 2. The average Bonchev–Trinajstić information content (AvgIpc) is 3.11. The van der Waals surface area contributed by atoms with Gasteiger partial charge < -0.3 is 10.1 Å². The number of benzene rings is 3. The molecule has 0 aliphatic carbocycles. The third-order valence-corrected chi connectivity index (χ3v) is 5.30. The molecule has 0 atom stereocenters. The normalized spacial score (nSPS) is 12.4. The quantitative estimate of drug-likeness (QED) is 0.439. The van der Waals surface area contributed by atoms with Gasteiger partial charge in [-0.1, -0.05) is 24.3 Å². The molecule has 0 fully saturated rings. The number of ether oxygens (including phenoxy) is 1. The number of nitrogens with one attached hydrogen (secondary N) is 1. The van der Waals surface area contributed by atoms with E-state index in [9.17, 15) is 14.4 Å². The number of carbonyl (C=O) groups excluding carboxylic acids is 3. The Morgan fingerprint density at radius 3 is 2.03 bits per heavy atom. The zero-order chi connectivity index (χ0) is 23.5. The van der Waals surface area contributed by atoms with E-state index in [1.54, 1.807) is 91.3 Å². The molecule has 1 aliphatic heterocycles. The summed E-state index contributed by atoms with van der Waals surface area (Å²) in [6, 6.07) is 22.3. The standard InChI is InChI=1S/C26H18N4O4/c31-23(29-19-10-12-20(13-11-19)34-26-27-14-3-15-28-26)18-8-6-17(7-9-18)16-30-24(32)21-4-1-2-5-22(21)25(30)33/h1-15H,16H2,(H,29,31). The molecule has 5 rings (SSSR count). The highest BCUT2D eigenvalue weighted by atomic mass is 16.5. The zero-order valence-corrected chi connectivity index (χ0v) is 17.8. The van der Waals surface area contributed by atoms with Crippen LogP contribution in [0.3, 0.4) is 0 Å². The summed E-state index contributed by atoms with van der Waals surface area (Å²) in [4.78, 5) is 46.9. The number of nitrogens with zero attached hydrogens (tertiary/aromatic N) is 3. The Labute approximate surface area is 194 Å². The number of imide groups is 1. The van der Waals surface area contributed by atoms with E-state index in [0.717, 1.165) is 5.56 Å². The van der Waals surface area contributed by atoms with Crippen molar-refractivity contribution >= 4 is 23.4 Å². The molecule has 1 aromatic heterocycles. The Hall–Kier alpha value is -4.85. The van der Waals surface area contributed by atoms with Crippen LogP contribution < -0.4 is 10.1 Å². The Morgan fingerprint density at radius 2 is 1.41 bits per heavy atom. The fourth-order valence-electron chi connectivity index (χ4n) is 3.58. The van der Waals surface area contributed by atoms with Gasteiger partial charge in [0, 0.05) is 23.6 Å². The molecule has 166 valence electrons. The van der Waals surface area contributed by atoms with E-state index in [0.29, 0.717) is 28.1 Å². The second kappa shape index (κ2) is 8.95. The Balaban J connectivity index is 1.21. The monoisotopic (exact) mass is 450 g/mol. The number of anilines is 1. The first-order valence-electron chi connectivity index (χ1n) is 10.5. The van der Waals surface area contributed by atoms with E-state index in [4.69, 9.17) is 4.74 Å². The minimum Gasteiger partial charge on any atom is -0.424 e. The lowest BCUT2D eigenvalue weighted by molar-refractivity contribution is 0.0642. The van der Waals surface area contributed by atoms with Crippen molar-refractivity contribution in [2.45, 2.75) is 6.54 Å². The molecular weight excluding hydrogens is 432 g/mol. The van der Waals surface area contributed by atoms with Crippen molar-refractivity contribution in [2.75, 3.05) is 5.32 Å². The van der Waals surface area contributed by atoms with Crippen molar-refractivity contribution in [1.82, 2.24) is 14.9 Å². The van der Waals surface area contributed by atoms with Crippen LogP contribution in [-0.4, -0.2) is 32.6 Å². The molecule has 0 saturated heterocycles. The van der Waals surface area contributed by atoms with Gasteiger partial charge in [0.05, 0.1) is 17.7 Å². The molecule has 3 aromatic carbocycles. The van der Waals surface area contributed by atoms with Crippen LogP contribution in [0.5, 0.6) is 11.8 Å². The largest absolute Gasteiger partial charge is 0.424 e. The predicted octanol–water partition coefficient (Wildman–Crippen LogP) is 4.32. The number of fused-ring (bicyclic) bond motifs is 1. The summed E-state index contributed by atoms with van der Waals surface area (Å²) in [5, 5.41) is 2.82. The molecular formula is C26H18N4O4. The molecule has 0 saturated carbocycles. The summed E-state index contributed by atoms with van der Waals surface area (Å²) in [5.74, 6) is -0.364. The number of hydrogen-bond donors (Lipinski definition) is 1. The summed E-state index contributed by atoms with van der Waals surface area (Å²) in [6.45, 7) is 0.140. The highest BCUT2D eigenvalue weighted by Gasteiger charge is 2.34. The minimum absolute atomic E-state index is 0.140. The molecule has 0 bridgehead atoms. The maximum Gasteiger partial charge on any atom is 0.321 e. The van der Waals surface area contributed by atoms with Gasteiger partial charge >= 0.3 is 6.01 Å². The maximum absolute atomic E-state index is 12.6. The van der Waals surface area contributed by atoms with Gasteiger partial charge in [-0.2, -0.15) is 0 Å². The van der Waals surface area contributed by atoms with Crippen molar-refractivity contribution in [3.63, 3.8) is 0 Å². The molecule has 2 heterocycles. The topological polar surface area (TPSA) is 101 Å². The highest BCUT2D eigenvalue weighted by Crippen LogP contribution is 2.24. The van der Waals surface area contributed by atoms with Crippen LogP contribution in [0.1, 0.15) is 36.6 Å². The van der Waals surface area contributed by atoms with Gasteiger partial charge in [0.2, 0.25) is 0 Å². The third-order valence-electron chi connectivity index (χ3n) is 5.30. The van der Waals surface area contributed by atoms with Crippen LogP contribution >= 0.6 is 0 Å². The fraction of sp³-hybridized carbons (Fsp3) is 0.0385. The van der Waals surface area contributed by atoms with Gasteiger partial charge in [-0.3, -0.25) is 19.3 Å². The average molecular weight is 450 g/mol. The van der Waals surface area contributed by atoms with Crippen molar-refractivity contribution in [1.29, 1.82) is 0 Å². The lowest BCUT2D eigenvalue weighted by Gasteiger charge is -2.14. The molecule has 0 spiro atoms. The van der Waals surface area contributed by atoms with Gasteiger partial charge in [0.15, 0.2) is 0 Å². The molecule has 8 heteroatoms. The molecule has 0 unspecified atom stereocenters.